The topological polar surface area (TPSA) is 49.9 Å². The fourth-order valence-corrected chi connectivity index (χ4v) is 3.82. The first-order chi connectivity index (χ1) is 14.5. The molecule has 0 N–H and O–H groups in total. The summed E-state index contributed by atoms with van der Waals surface area (Å²) in [5, 5.41) is 2.11. The van der Waals surface area contributed by atoms with E-state index in [1.807, 2.05) is 42.5 Å². The van der Waals surface area contributed by atoms with Crippen LogP contribution in [-0.4, -0.2) is 54.4 Å². The van der Waals surface area contributed by atoms with E-state index in [4.69, 9.17) is 4.74 Å². The number of nitrogens with zero attached hydrogens (tertiary/aromatic N) is 2. The summed E-state index contributed by atoms with van der Waals surface area (Å²) in [5.74, 6) is -0.754. The zero-order chi connectivity index (χ0) is 21.1. The highest BCUT2D eigenvalue weighted by atomic mass is 79.9. The number of amides is 2. The van der Waals surface area contributed by atoms with Crippen molar-refractivity contribution in [1.82, 2.24) is 9.80 Å². The molecular formula is C23H20BrFN2O3. The minimum absolute atomic E-state index is 0.0386. The molecule has 1 heterocycles. The normalized spacial score (nSPS) is 14.1. The highest BCUT2D eigenvalue weighted by Crippen LogP contribution is 2.22. The fraction of sp³-hybridized carbons (Fsp3) is 0.217. The van der Waals surface area contributed by atoms with Gasteiger partial charge in [-0.25, -0.2) is 4.39 Å². The van der Waals surface area contributed by atoms with Crippen LogP contribution in [0.2, 0.25) is 0 Å². The number of hydrogen-bond acceptors (Lipinski definition) is 3. The number of carbonyl (C=O) groups excluding carboxylic acids is 2. The van der Waals surface area contributed by atoms with Crippen LogP contribution in [0, 0.1) is 5.82 Å². The first-order valence-corrected chi connectivity index (χ1v) is 10.4. The van der Waals surface area contributed by atoms with Gasteiger partial charge in [0.25, 0.3) is 11.8 Å². The lowest BCUT2D eigenvalue weighted by atomic mass is 10.1. The van der Waals surface area contributed by atoms with E-state index in [0.717, 1.165) is 10.8 Å². The second-order valence-corrected chi connectivity index (χ2v) is 8.01. The molecule has 0 saturated carbocycles. The van der Waals surface area contributed by atoms with Crippen LogP contribution in [0.15, 0.2) is 65.1 Å². The fourth-order valence-electron chi connectivity index (χ4n) is 3.49. The van der Waals surface area contributed by atoms with Crippen LogP contribution in [0.5, 0.6) is 5.75 Å². The van der Waals surface area contributed by atoms with E-state index in [-0.39, 0.29) is 24.2 Å². The number of hydrogen-bond donors (Lipinski definition) is 0. The van der Waals surface area contributed by atoms with Crippen LogP contribution in [0.1, 0.15) is 10.4 Å². The number of halogens is 2. The summed E-state index contributed by atoms with van der Waals surface area (Å²) >= 11 is 3.18. The maximum atomic E-state index is 13.8. The average Bonchev–Trinajstić information content (AvgIpc) is 2.77. The Hall–Kier alpha value is -2.93. The van der Waals surface area contributed by atoms with E-state index in [9.17, 15) is 14.0 Å². The van der Waals surface area contributed by atoms with Crippen molar-refractivity contribution < 1.29 is 18.7 Å². The molecule has 1 saturated heterocycles. The van der Waals surface area contributed by atoms with Crippen molar-refractivity contribution in [2.75, 3.05) is 32.8 Å². The largest absolute Gasteiger partial charge is 0.481 e. The van der Waals surface area contributed by atoms with Gasteiger partial charge in [0.1, 0.15) is 0 Å². The first-order valence-electron chi connectivity index (χ1n) is 9.65. The number of ether oxygens (including phenoxy) is 1. The van der Waals surface area contributed by atoms with E-state index < -0.39 is 5.82 Å². The third-order valence-electron chi connectivity index (χ3n) is 5.16. The number of fused-ring (bicyclic) bond motifs is 1. The standard InChI is InChI=1S/C23H20BrFN2O3/c24-19-7-8-21(20(25)14-19)30-15-22(28)26-9-11-27(12-10-26)23(29)18-6-5-16-3-1-2-4-17(16)13-18/h1-8,13-14H,9-12,15H2. The first kappa shape index (κ1) is 20.3. The van der Waals surface area contributed by atoms with Gasteiger partial charge in [-0.2, -0.15) is 0 Å². The van der Waals surface area contributed by atoms with Gasteiger partial charge in [-0.3, -0.25) is 9.59 Å². The van der Waals surface area contributed by atoms with Crippen molar-refractivity contribution in [3.8, 4) is 5.75 Å². The average molecular weight is 471 g/mol. The van der Waals surface area contributed by atoms with Crippen molar-refractivity contribution in [1.29, 1.82) is 0 Å². The van der Waals surface area contributed by atoms with Gasteiger partial charge in [-0.15, -0.1) is 0 Å². The Morgan fingerprint density at radius 3 is 2.33 bits per heavy atom. The molecule has 3 aromatic rings. The predicted molar refractivity (Wildman–Crippen MR) is 116 cm³/mol. The Morgan fingerprint density at radius 2 is 1.60 bits per heavy atom. The van der Waals surface area contributed by atoms with Crippen LogP contribution in [0.4, 0.5) is 4.39 Å². The summed E-state index contributed by atoms with van der Waals surface area (Å²) in [6.07, 6.45) is 0. The molecule has 1 fully saturated rings. The Bertz CT molecular complexity index is 1100. The molecule has 0 atom stereocenters. The summed E-state index contributed by atoms with van der Waals surface area (Å²) in [4.78, 5) is 28.6. The molecule has 0 radical (unpaired) electrons. The zero-order valence-corrected chi connectivity index (χ0v) is 17.8. The van der Waals surface area contributed by atoms with Crippen LogP contribution < -0.4 is 4.74 Å². The van der Waals surface area contributed by atoms with Gasteiger partial charge in [-0.1, -0.05) is 46.3 Å². The van der Waals surface area contributed by atoms with Crippen molar-refractivity contribution >= 4 is 38.5 Å². The summed E-state index contributed by atoms with van der Waals surface area (Å²) < 4.78 is 19.7. The van der Waals surface area contributed by atoms with Crippen molar-refractivity contribution in [3.05, 3.63) is 76.5 Å². The van der Waals surface area contributed by atoms with Gasteiger partial charge in [0.2, 0.25) is 0 Å². The van der Waals surface area contributed by atoms with Crippen LogP contribution in [0.25, 0.3) is 10.8 Å². The number of piperazine rings is 1. The van der Waals surface area contributed by atoms with Gasteiger partial charge < -0.3 is 14.5 Å². The number of benzene rings is 3. The molecule has 1 aliphatic heterocycles. The van der Waals surface area contributed by atoms with E-state index in [1.165, 1.54) is 12.1 Å². The third-order valence-corrected chi connectivity index (χ3v) is 5.65. The minimum atomic E-state index is -0.525. The Labute approximate surface area is 182 Å². The van der Waals surface area contributed by atoms with Crippen molar-refractivity contribution in [3.63, 3.8) is 0 Å². The summed E-state index contributed by atoms with van der Waals surface area (Å²) in [6, 6.07) is 18.0. The van der Waals surface area contributed by atoms with Crippen LogP contribution in [-0.2, 0) is 4.79 Å². The maximum absolute atomic E-state index is 13.8. The zero-order valence-electron chi connectivity index (χ0n) is 16.2. The highest BCUT2D eigenvalue weighted by molar-refractivity contribution is 9.10. The summed E-state index contributed by atoms with van der Waals surface area (Å²) in [6.45, 7) is 1.50. The molecule has 30 heavy (non-hydrogen) atoms. The molecule has 3 aromatic carbocycles. The molecule has 0 aromatic heterocycles. The monoisotopic (exact) mass is 470 g/mol. The van der Waals surface area contributed by atoms with E-state index in [0.29, 0.717) is 36.2 Å². The van der Waals surface area contributed by atoms with Crippen molar-refractivity contribution in [2.24, 2.45) is 0 Å². The minimum Gasteiger partial charge on any atom is -0.481 e. The van der Waals surface area contributed by atoms with E-state index in [1.54, 1.807) is 15.9 Å². The highest BCUT2D eigenvalue weighted by Gasteiger charge is 2.25. The Morgan fingerprint density at radius 1 is 0.900 bits per heavy atom. The number of carbonyl (C=O) groups is 2. The molecule has 0 aliphatic carbocycles. The lowest BCUT2D eigenvalue weighted by Gasteiger charge is -2.34. The Kier molecular flexibility index (Phi) is 5.99. The second kappa shape index (κ2) is 8.83. The molecule has 5 nitrogen and oxygen atoms in total. The SMILES string of the molecule is O=C(COc1ccc(Br)cc1F)N1CCN(C(=O)c2ccc3ccccc3c2)CC1. The molecule has 4 rings (SSSR count). The van der Waals surface area contributed by atoms with Crippen molar-refractivity contribution in [2.45, 2.75) is 0 Å². The molecule has 1 aliphatic rings. The van der Waals surface area contributed by atoms with E-state index >= 15 is 0 Å². The van der Waals surface area contributed by atoms with Gasteiger partial charge in [0.05, 0.1) is 0 Å². The van der Waals surface area contributed by atoms with E-state index in [2.05, 4.69) is 15.9 Å². The van der Waals surface area contributed by atoms with Gasteiger partial charge in [0.15, 0.2) is 18.2 Å². The van der Waals surface area contributed by atoms with Crippen LogP contribution >= 0.6 is 15.9 Å². The van der Waals surface area contributed by atoms with Gasteiger partial charge in [0, 0.05) is 36.2 Å². The van der Waals surface area contributed by atoms with Gasteiger partial charge in [-0.05, 0) is 41.1 Å². The van der Waals surface area contributed by atoms with Crippen LogP contribution in [0.3, 0.4) is 0 Å². The molecule has 0 spiro atoms. The predicted octanol–water partition coefficient (Wildman–Crippen LogP) is 4.10. The molecule has 7 heteroatoms. The molecular weight excluding hydrogens is 451 g/mol. The smallest absolute Gasteiger partial charge is 0.260 e. The maximum Gasteiger partial charge on any atom is 0.260 e. The Balaban J connectivity index is 1.32. The molecule has 154 valence electrons. The number of rotatable bonds is 4. The second-order valence-electron chi connectivity index (χ2n) is 7.10. The lowest BCUT2D eigenvalue weighted by molar-refractivity contribution is -0.134. The molecule has 0 unspecified atom stereocenters. The lowest BCUT2D eigenvalue weighted by Crippen LogP contribution is -2.51. The summed E-state index contributed by atoms with van der Waals surface area (Å²) in [7, 11) is 0. The van der Waals surface area contributed by atoms with Gasteiger partial charge >= 0.3 is 0 Å². The molecule has 0 bridgehead atoms. The summed E-state index contributed by atoms with van der Waals surface area (Å²) in [5.41, 5.74) is 0.641. The third kappa shape index (κ3) is 4.46. The quantitative estimate of drug-likeness (QED) is 0.576. The molecule has 2 amide bonds.